The molecule has 2 N–H and O–H groups in total. The van der Waals surface area contributed by atoms with Crippen LogP contribution in [0.25, 0.3) is 0 Å². The molecule has 1 aliphatic rings. The van der Waals surface area contributed by atoms with Crippen LogP contribution in [-0.2, 0) is 19.6 Å². The van der Waals surface area contributed by atoms with Crippen molar-refractivity contribution in [1.82, 2.24) is 5.32 Å². The lowest BCUT2D eigenvalue weighted by Crippen LogP contribution is -2.41. The quantitative estimate of drug-likeness (QED) is 0.610. The molecule has 2 aromatic rings. The maximum Gasteiger partial charge on any atom is 0.327 e. The van der Waals surface area contributed by atoms with Crippen molar-refractivity contribution in [1.29, 1.82) is 0 Å². The molecule has 0 spiro atoms. The molecular formula is C22H19FN2O6S2. The van der Waals surface area contributed by atoms with E-state index in [1.165, 1.54) is 26.0 Å². The van der Waals surface area contributed by atoms with E-state index in [2.05, 4.69) is 9.71 Å². The molecule has 172 valence electrons. The van der Waals surface area contributed by atoms with Crippen molar-refractivity contribution in [2.24, 2.45) is 4.40 Å². The fraction of sp³-hybridized carbons (Fsp3) is 0.182. The number of allylic oxidation sites excluding steroid dienone is 2. The smallest absolute Gasteiger partial charge is 0.327 e. The summed E-state index contributed by atoms with van der Waals surface area (Å²) in [5, 5.41) is 11.6. The molecule has 1 aliphatic carbocycles. The van der Waals surface area contributed by atoms with Gasteiger partial charge in [-0.1, -0.05) is 24.3 Å². The standard InChI is InChI=1S/C22H19FN2O6S2/c1-12-9-14(23)7-8-20(12)33(30,31)25-17-10-19(21(27)16-6-4-3-5-15(16)17)32-11-18(22(28)29)24-13(2)26/h3-10,18H,11H2,1-2H3,(H,24,26)(H,28,29)/b25-17-. The number of hydrogen-bond acceptors (Lipinski definition) is 6. The van der Waals surface area contributed by atoms with Gasteiger partial charge < -0.3 is 10.4 Å². The lowest BCUT2D eigenvalue weighted by atomic mass is 9.94. The molecule has 0 radical (unpaired) electrons. The number of hydrogen-bond donors (Lipinski definition) is 2. The third-order valence-electron chi connectivity index (χ3n) is 4.65. The lowest BCUT2D eigenvalue weighted by molar-refractivity contribution is -0.140. The number of rotatable bonds is 7. The summed E-state index contributed by atoms with van der Waals surface area (Å²) in [7, 11) is -4.25. The lowest BCUT2D eigenvalue weighted by Gasteiger charge is -2.19. The van der Waals surface area contributed by atoms with Gasteiger partial charge in [0, 0.05) is 23.8 Å². The molecule has 1 atom stereocenters. The van der Waals surface area contributed by atoms with Crippen LogP contribution in [0.3, 0.4) is 0 Å². The van der Waals surface area contributed by atoms with Crippen LogP contribution in [0.5, 0.6) is 0 Å². The minimum atomic E-state index is -4.25. The van der Waals surface area contributed by atoms with Gasteiger partial charge in [-0.3, -0.25) is 9.59 Å². The van der Waals surface area contributed by atoms with Gasteiger partial charge in [0.2, 0.25) is 5.91 Å². The van der Waals surface area contributed by atoms with Crippen LogP contribution in [0.2, 0.25) is 0 Å². The van der Waals surface area contributed by atoms with Gasteiger partial charge in [0.15, 0.2) is 5.78 Å². The van der Waals surface area contributed by atoms with Crippen LogP contribution in [0.15, 0.2) is 62.7 Å². The molecule has 3 rings (SSSR count). The molecule has 0 heterocycles. The zero-order valence-electron chi connectivity index (χ0n) is 17.5. The maximum absolute atomic E-state index is 13.4. The summed E-state index contributed by atoms with van der Waals surface area (Å²) in [6.07, 6.45) is 1.28. The van der Waals surface area contributed by atoms with Gasteiger partial charge in [-0.25, -0.2) is 9.18 Å². The van der Waals surface area contributed by atoms with E-state index in [9.17, 15) is 32.3 Å². The average molecular weight is 491 g/mol. The van der Waals surface area contributed by atoms with Crippen LogP contribution in [-0.4, -0.2) is 48.7 Å². The number of nitrogens with one attached hydrogen (secondary N) is 1. The maximum atomic E-state index is 13.4. The Morgan fingerprint density at radius 2 is 1.85 bits per heavy atom. The van der Waals surface area contributed by atoms with E-state index < -0.39 is 39.5 Å². The molecule has 0 fully saturated rings. The van der Waals surface area contributed by atoms with E-state index >= 15 is 0 Å². The Morgan fingerprint density at radius 3 is 2.45 bits per heavy atom. The summed E-state index contributed by atoms with van der Waals surface area (Å²) in [5.74, 6) is -2.98. The predicted octanol–water partition coefficient (Wildman–Crippen LogP) is 2.71. The van der Waals surface area contributed by atoms with E-state index in [0.29, 0.717) is 5.56 Å². The number of thioether (sulfide) groups is 1. The first-order valence-corrected chi connectivity index (χ1v) is 12.0. The summed E-state index contributed by atoms with van der Waals surface area (Å²) in [6, 6.07) is 8.27. The summed E-state index contributed by atoms with van der Waals surface area (Å²) in [5.41, 5.74) is 0.672. The number of Topliss-reactive ketones (excluding diaryl/α,β-unsaturated/α-hetero) is 1. The number of aryl methyl sites for hydroxylation is 1. The Hall–Kier alpha value is -3.31. The van der Waals surface area contributed by atoms with Gasteiger partial charge in [0.25, 0.3) is 10.0 Å². The van der Waals surface area contributed by atoms with Gasteiger partial charge in [-0.05, 0) is 36.8 Å². The molecule has 1 amide bonds. The number of amides is 1. The van der Waals surface area contributed by atoms with E-state index in [-0.39, 0.29) is 32.4 Å². The number of carbonyl (C=O) groups is 3. The number of halogens is 1. The summed E-state index contributed by atoms with van der Waals surface area (Å²) >= 11 is 0.869. The zero-order chi connectivity index (χ0) is 24.3. The molecule has 2 aromatic carbocycles. The second-order valence-corrected chi connectivity index (χ2v) is 9.78. The Kier molecular flexibility index (Phi) is 7.13. The van der Waals surface area contributed by atoms with E-state index in [0.717, 1.165) is 30.0 Å². The molecule has 8 nitrogen and oxygen atoms in total. The second kappa shape index (κ2) is 9.67. The van der Waals surface area contributed by atoms with Gasteiger partial charge in [-0.15, -0.1) is 11.8 Å². The number of benzene rings is 2. The first-order chi connectivity index (χ1) is 15.5. The minimum absolute atomic E-state index is 0.0113. The van der Waals surface area contributed by atoms with Crippen LogP contribution in [0.1, 0.15) is 28.4 Å². The second-order valence-electron chi connectivity index (χ2n) is 7.15. The van der Waals surface area contributed by atoms with Crippen molar-refractivity contribution < 1.29 is 32.3 Å². The van der Waals surface area contributed by atoms with Crippen LogP contribution in [0, 0.1) is 12.7 Å². The van der Waals surface area contributed by atoms with Crippen molar-refractivity contribution in [3.63, 3.8) is 0 Å². The molecular weight excluding hydrogens is 471 g/mol. The Bertz CT molecular complexity index is 1320. The van der Waals surface area contributed by atoms with Crippen molar-refractivity contribution in [2.75, 3.05) is 5.75 Å². The zero-order valence-corrected chi connectivity index (χ0v) is 19.2. The Labute approximate surface area is 193 Å². The van der Waals surface area contributed by atoms with Crippen molar-refractivity contribution in [3.8, 4) is 0 Å². The summed E-state index contributed by atoms with van der Waals surface area (Å²) in [4.78, 5) is 35.5. The van der Waals surface area contributed by atoms with Gasteiger partial charge in [0.05, 0.1) is 15.5 Å². The molecule has 33 heavy (non-hydrogen) atoms. The first-order valence-electron chi connectivity index (χ1n) is 9.59. The van der Waals surface area contributed by atoms with Crippen molar-refractivity contribution in [2.45, 2.75) is 24.8 Å². The number of fused-ring (bicyclic) bond motifs is 1. The normalized spacial score (nSPS) is 15.5. The molecule has 1 unspecified atom stereocenters. The monoisotopic (exact) mass is 490 g/mol. The third kappa shape index (κ3) is 5.55. The number of aliphatic carboxylic acids is 1. The molecule has 0 saturated heterocycles. The van der Waals surface area contributed by atoms with E-state index in [4.69, 9.17) is 0 Å². The predicted molar refractivity (Wildman–Crippen MR) is 121 cm³/mol. The van der Waals surface area contributed by atoms with Crippen LogP contribution in [0.4, 0.5) is 4.39 Å². The van der Waals surface area contributed by atoms with Crippen molar-refractivity contribution >= 4 is 45.2 Å². The molecule has 11 heteroatoms. The van der Waals surface area contributed by atoms with Crippen LogP contribution < -0.4 is 5.32 Å². The average Bonchev–Trinajstić information content (AvgIpc) is 2.73. The number of carbonyl (C=O) groups excluding carboxylic acids is 2. The summed E-state index contributed by atoms with van der Waals surface area (Å²) < 4.78 is 43.2. The Balaban J connectivity index is 2.03. The van der Waals surface area contributed by atoms with Crippen LogP contribution >= 0.6 is 11.8 Å². The Morgan fingerprint density at radius 1 is 1.18 bits per heavy atom. The molecule has 0 bridgehead atoms. The van der Waals surface area contributed by atoms with Gasteiger partial charge in [-0.2, -0.15) is 12.8 Å². The SMILES string of the molecule is CC(=O)NC(CSC1=C/C(=N/S(=O)(=O)c2ccc(F)cc2C)c2ccccc2C1=O)C(=O)O. The van der Waals surface area contributed by atoms with E-state index in [1.54, 1.807) is 18.2 Å². The highest BCUT2D eigenvalue weighted by Gasteiger charge is 2.28. The number of carboxylic acids is 1. The number of carboxylic acid groups (broad SMARTS) is 1. The largest absolute Gasteiger partial charge is 0.480 e. The highest BCUT2D eigenvalue weighted by Crippen LogP contribution is 2.30. The molecule has 0 aliphatic heterocycles. The third-order valence-corrected chi connectivity index (χ3v) is 7.22. The van der Waals surface area contributed by atoms with Gasteiger partial charge in [0.1, 0.15) is 11.9 Å². The minimum Gasteiger partial charge on any atom is -0.480 e. The number of nitrogens with zero attached hydrogens (tertiary/aromatic N) is 1. The number of sulfonamides is 1. The fourth-order valence-corrected chi connectivity index (χ4v) is 5.38. The van der Waals surface area contributed by atoms with Gasteiger partial charge >= 0.3 is 5.97 Å². The van der Waals surface area contributed by atoms with E-state index in [1.807, 2.05) is 0 Å². The first kappa shape index (κ1) is 24.3. The summed E-state index contributed by atoms with van der Waals surface area (Å²) in [6.45, 7) is 2.62. The number of ketones is 1. The fourth-order valence-electron chi connectivity index (χ4n) is 3.16. The molecule has 0 saturated carbocycles. The topological polar surface area (TPSA) is 130 Å². The van der Waals surface area contributed by atoms with Crippen molar-refractivity contribution in [3.05, 3.63) is 76.0 Å². The molecule has 0 aromatic heterocycles. The highest BCUT2D eigenvalue weighted by atomic mass is 32.2. The highest BCUT2D eigenvalue weighted by molar-refractivity contribution is 8.04.